The summed E-state index contributed by atoms with van der Waals surface area (Å²) in [5.74, 6) is -1.11. The van der Waals surface area contributed by atoms with Gasteiger partial charge in [-0.2, -0.15) is 0 Å². The minimum absolute atomic E-state index is 0.274. The van der Waals surface area contributed by atoms with Crippen molar-refractivity contribution in [3.63, 3.8) is 0 Å². The van der Waals surface area contributed by atoms with Crippen LogP contribution in [-0.4, -0.2) is 33.5 Å². The fraction of sp³-hybridized carbons (Fsp3) is 0.273. The van der Waals surface area contributed by atoms with E-state index >= 15 is 0 Å². The van der Waals surface area contributed by atoms with Gasteiger partial charge in [0.1, 0.15) is 11.9 Å². The van der Waals surface area contributed by atoms with Gasteiger partial charge >= 0.3 is 5.97 Å². The molecule has 138 valence electrons. The number of hydrogen-bond donors (Lipinski definition) is 1. The smallest absolute Gasteiger partial charge is 0.320 e. The van der Waals surface area contributed by atoms with Gasteiger partial charge in [-0.3, -0.25) is 14.7 Å². The van der Waals surface area contributed by atoms with Crippen molar-refractivity contribution in [2.75, 3.05) is 6.54 Å². The van der Waals surface area contributed by atoms with Crippen LogP contribution in [0.4, 0.5) is 4.39 Å². The number of piperidine rings is 1. The predicted octanol–water partition coefficient (Wildman–Crippen LogP) is 4.40. The van der Waals surface area contributed by atoms with Crippen molar-refractivity contribution in [1.82, 2.24) is 9.88 Å². The van der Waals surface area contributed by atoms with E-state index in [-0.39, 0.29) is 11.9 Å². The maximum absolute atomic E-state index is 13.5. The van der Waals surface area contributed by atoms with Gasteiger partial charge in [0.25, 0.3) is 0 Å². The lowest BCUT2D eigenvalue weighted by Gasteiger charge is -2.39. The first kappa shape index (κ1) is 17.6. The molecular formula is C22H21FN2O2. The molecule has 0 aliphatic carbocycles. The molecule has 1 saturated heterocycles. The Kier molecular flexibility index (Phi) is 4.86. The number of carboxylic acid groups (broad SMARTS) is 1. The molecule has 1 N–H and O–H groups in total. The lowest BCUT2D eigenvalue weighted by atomic mass is 9.92. The fourth-order valence-electron chi connectivity index (χ4n) is 3.99. The third-order valence-corrected chi connectivity index (χ3v) is 5.27. The average Bonchev–Trinajstić information content (AvgIpc) is 2.70. The second kappa shape index (κ2) is 7.45. The number of carboxylic acids is 1. The van der Waals surface area contributed by atoms with Crippen molar-refractivity contribution in [2.24, 2.45) is 0 Å². The minimum Gasteiger partial charge on any atom is -0.480 e. The maximum Gasteiger partial charge on any atom is 0.320 e. The van der Waals surface area contributed by atoms with Crippen molar-refractivity contribution in [3.05, 3.63) is 77.7 Å². The third kappa shape index (κ3) is 3.55. The Hall–Kier alpha value is -2.79. The minimum atomic E-state index is -0.810. The standard InChI is InChI=1S/C22H21FN2O2/c23-18-10-8-15(9-11-18)21(25-12-4-3-7-20(25)22(26)27)17-13-16-5-1-2-6-19(16)24-14-17/h1-2,5-6,8-11,13-14,20-21H,3-4,7,12H2,(H,26,27). The number of fused-ring (bicyclic) bond motifs is 1. The van der Waals surface area contributed by atoms with Crippen molar-refractivity contribution in [3.8, 4) is 0 Å². The number of likely N-dealkylation sites (tertiary alicyclic amines) is 1. The topological polar surface area (TPSA) is 53.4 Å². The number of rotatable bonds is 4. The predicted molar refractivity (Wildman–Crippen MR) is 102 cm³/mol. The van der Waals surface area contributed by atoms with Crippen LogP contribution >= 0.6 is 0 Å². The second-order valence-electron chi connectivity index (χ2n) is 7.00. The van der Waals surface area contributed by atoms with Crippen LogP contribution in [0.1, 0.15) is 36.4 Å². The Morgan fingerprint density at radius 3 is 2.67 bits per heavy atom. The summed E-state index contributed by atoms with van der Waals surface area (Å²) in [6.07, 6.45) is 4.28. The van der Waals surface area contributed by atoms with Gasteiger partial charge in [0.2, 0.25) is 0 Å². The van der Waals surface area contributed by atoms with Gasteiger partial charge in [0.05, 0.1) is 11.6 Å². The number of pyridine rings is 1. The van der Waals surface area contributed by atoms with Crippen molar-refractivity contribution < 1.29 is 14.3 Å². The molecule has 0 amide bonds. The van der Waals surface area contributed by atoms with E-state index in [1.54, 1.807) is 12.1 Å². The lowest BCUT2D eigenvalue weighted by molar-refractivity contribution is -0.145. The van der Waals surface area contributed by atoms with Gasteiger partial charge in [-0.1, -0.05) is 36.8 Å². The van der Waals surface area contributed by atoms with Gasteiger partial charge in [-0.25, -0.2) is 4.39 Å². The number of hydrogen-bond acceptors (Lipinski definition) is 3. The molecule has 1 fully saturated rings. The van der Waals surface area contributed by atoms with Crippen LogP contribution in [0.5, 0.6) is 0 Å². The Labute approximate surface area is 157 Å². The average molecular weight is 364 g/mol. The van der Waals surface area contributed by atoms with E-state index in [0.717, 1.165) is 34.9 Å². The number of para-hydroxylation sites is 1. The SMILES string of the molecule is O=C(O)C1CCCCN1C(c1ccc(F)cc1)c1cnc2ccccc2c1. The van der Waals surface area contributed by atoms with E-state index in [9.17, 15) is 14.3 Å². The van der Waals surface area contributed by atoms with E-state index in [4.69, 9.17) is 0 Å². The third-order valence-electron chi connectivity index (χ3n) is 5.27. The molecule has 0 saturated carbocycles. The summed E-state index contributed by atoms with van der Waals surface area (Å²) in [5.41, 5.74) is 2.70. The zero-order valence-electron chi connectivity index (χ0n) is 14.9. The molecule has 4 nitrogen and oxygen atoms in total. The highest BCUT2D eigenvalue weighted by atomic mass is 19.1. The number of carbonyl (C=O) groups is 1. The largest absolute Gasteiger partial charge is 0.480 e. The maximum atomic E-state index is 13.5. The van der Waals surface area contributed by atoms with Crippen LogP contribution in [0.3, 0.4) is 0 Å². The normalized spacial score (nSPS) is 19.1. The molecule has 1 aromatic heterocycles. The molecule has 2 unspecified atom stereocenters. The number of aliphatic carboxylic acids is 1. The first-order chi connectivity index (χ1) is 13.1. The molecule has 0 bridgehead atoms. The van der Waals surface area contributed by atoms with Crippen LogP contribution in [0, 0.1) is 5.82 Å². The molecule has 2 heterocycles. The highest BCUT2D eigenvalue weighted by molar-refractivity contribution is 5.79. The van der Waals surface area contributed by atoms with E-state index in [0.29, 0.717) is 13.0 Å². The summed E-state index contributed by atoms with van der Waals surface area (Å²) in [6.45, 7) is 0.686. The van der Waals surface area contributed by atoms with Crippen LogP contribution < -0.4 is 0 Å². The van der Waals surface area contributed by atoms with E-state index in [2.05, 4.69) is 11.1 Å². The number of aromatic nitrogens is 1. The van der Waals surface area contributed by atoms with Gasteiger partial charge < -0.3 is 5.11 Å². The monoisotopic (exact) mass is 364 g/mol. The molecule has 1 aliphatic rings. The summed E-state index contributed by atoms with van der Waals surface area (Å²) in [4.78, 5) is 18.5. The summed E-state index contributed by atoms with van der Waals surface area (Å²) >= 11 is 0. The Balaban J connectivity index is 1.83. The Morgan fingerprint density at radius 1 is 1.11 bits per heavy atom. The highest BCUT2D eigenvalue weighted by Gasteiger charge is 2.35. The number of halogens is 1. The molecular weight excluding hydrogens is 343 g/mol. The van der Waals surface area contributed by atoms with Gasteiger partial charge in [0, 0.05) is 11.6 Å². The first-order valence-electron chi connectivity index (χ1n) is 9.22. The summed E-state index contributed by atoms with van der Waals surface area (Å²) in [7, 11) is 0. The number of nitrogens with zero attached hydrogens (tertiary/aromatic N) is 2. The molecule has 1 aliphatic heterocycles. The van der Waals surface area contributed by atoms with Gasteiger partial charge in [-0.15, -0.1) is 0 Å². The molecule has 0 spiro atoms. The second-order valence-corrected chi connectivity index (χ2v) is 7.00. The molecule has 5 heteroatoms. The lowest BCUT2D eigenvalue weighted by Crippen LogP contribution is -2.46. The Bertz CT molecular complexity index is 958. The highest BCUT2D eigenvalue weighted by Crippen LogP contribution is 2.35. The zero-order valence-corrected chi connectivity index (χ0v) is 14.9. The molecule has 2 aromatic carbocycles. The molecule has 0 radical (unpaired) electrons. The van der Waals surface area contributed by atoms with E-state index in [1.165, 1.54) is 12.1 Å². The van der Waals surface area contributed by atoms with Crippen LogP contribution in [0.15, 0.2) is 60.8 Å². The quantitative estimate of drug-likeness (QED) is 0.745. The molecule has 3 aromatic rings. The molecule has 27 heavy (non-hydrogen) atoms. The first-order valence-corrected chi connectivity index (χ1v) is 9.22. The Morgan fingerprint density at radius 2 is 1.89 bits per heavy atom. The number of benzene rings is 2. The van der Waals surface area contributed by atoms with Crippen molar-refractivity contribution >= 4 is 16.9 Å². The van der Waals surface area contributed by atoms with Crippen LogP contribution in [0.25, 0.3) is 10.9 Å². The van der Waals surface area contributed by atoms with Crippen molar-refractivity contribution in [1.29, 1.82) is 0 Å². The van der Waals surface area contributed by atoms with E-state index < -0.39 is 12.0 Å². The summed E-state index contributed by atoms with van der Waals surface area (Å²) in [6, 6.07) is 15.4. The van der Waals surface area contributed by atoms with E-state index in [1.807, 2.05) is 35.4 Å². The van der Waals surface area contributed by atoms with Gasteiger partial charge in [-0.05, 0) is 54.8 Å². The van der Waals surface area contributed by atoms with Crippen molar-refractivity contribution in [2.45, 2.75) is 31.3 Å². The molecule has 4 rings (SSSR count). The summed E-state index contributed by atoms with van der Waals surface area (Å²) < 4.78 is 13.5. The molecule has 2 atom stereocenters. The van der Waals surface area contributed by atoms with Crippen LogP contribution in [0.2, 0.25) is 0 Å². The van der Waals surface area contributed by atoms with Crippen LogP contribution in [-0.2, 0) is 4.79 Å². The zero-order chi connectivity index (χ0) is 18.8. The summed E-state index contributed by atoms with van der Waals surface area (Å²) in [5, 5.41) is 10.8. The fourth-order valence-corrected chi connectivity index (χ4v) is 3.99. The van der Waals surface area contributed by atoms with Gasteiger partial charge in [0.15, 0.2) is 0 Å².